The Hall–Kier alpha value is -2.49. The Morgan fingerprint density at radius 3 is 2.64 bits per heavy atom. The van der Waals surface area contributed by atoms with Crippen LogP contribution in [0.3, 0.4) is 0 Å². The second-order valence-corrected chi connectivity index (χ2v) is 5.14. The zero-order chi connectivity index (χ0) is 16.1. The van der Waals surface area contributed by atoms with Crippen LogP contribution in [0.25, 0.3) is 6.08 Å². The minimum atomic E-state index is -0.671. The first kappa shape index (κ1) is 15.9. The summed E-state index contributed by atoms with van der Waals surface area (Å²) in [6.07, 6.45) is 3.09. The first-order valence-electron chi connectivity index (χ1n) is 6.96. The van der Waals surface area contributed by atoms with E-state index in [4.69, 9.17) is 0 Å². The summed E-state index contributed by atoms with van der Waals surface area (Å²) in [5.74, 6) is -1.65. The van der Waals surface area contributed by atoms with Crippen LogP contribution in [0.1, 0.15) is 29.7 Å². The van der Waals surface area contributed by atoms with Crippen LogP contribution in [0.15, 0.2) is 48.5 Å². The first-order chi connectivity index (χ1) is 10.5. The quantitative estimate of drug-likeness (QED) is 0.844. The van der Waals surface area contributed by atoms with E-state index in [0.717, 1.165) is 17.2 Å². The lowest BCUT2D eigenvalue weighted by molar-refractivity contribution is -0.117. The summed E-state index contributed by atoms with van der Waals surface area (Å²) in [5.41, 5.74) is 2.26. The number of hydrogen-bond donors (Lipinski definition) is 1. The molecule has 1 amide bonds. The third-order valence-electron chi connectivity index (χ3n) is 3.26. The Balaban J connectivity index is 2.02. The second-order valence-electron chi connectivity index (χ2n) is 5.14. The normalized spacial score (nSPS) is 12.4. The van der Waals surface area contributed by atoms with Crippen molar-refractivity contribution in [1.82, 2.24) is 5.32 Å². The maximum absolute atomic E-state index is 13.6. The predicted molar refractivity (Wildman–Crippen MR) is 83.1 cm³/mol. The van der Waals surface area contributed by atoms with Crippen molar-refractivity contribution in [1.29, 1.82) is 0 Å². The lowest BCUT2D eigenvalue weighted by atomic mass is 10.1. The van der Waals surface area contributed by atoms with Gasteiger partial charge in [0, 0.05) is 17.7 Å². The Morgan fingerprint density at radius 2 is 1.95 bits per heavy atom. The molecule has 0 aliphatic rings. The molecule has 4 heteroatoms. The van der Waals surface area contributed by atoms with Gasteiger partial charge in [-0.25, -0.2) is 8.78 Å². The summed E-state index contributed by atoms with van der Waals surface area (Å²) in [5, 5.41) is 2.65. The molecule has 0 bridgehead atoms. The smallest absolute Gasteiger partial charge is 0.244 e. The van der Waals surface area contributed by atoms with E-state index < -0.39 is 17.7 Å². The number of carbonyl (C=O) groups excluding carboxylic acids is 1. The minimum absolute atomic E-state index is 0.249. The summed E-state index contributed by atoms with van der Waals surface area (Å²) < 4.78 is 26.5. The van der Waals surface area contributed by atoms with Crippen LogP contribution in [-0.2, 0) is 4.79 Å². The second kappa shape index (κ2) is 6.98. The van der Waals surface area contributed by atoms with E-state index in [-0.39, 0.29) is 11.5 Å². The van der Waals surface area contributed by atoms with E-state index in [1.165, 1.54) is 18.2 Å². The molecule has 2 rings (SSSR count). The van der Waals surface area contributed by atoms with Gasteiger partial charge in [0.15, 0.2) is 0 Å². The number of aryl methyl sites for hydroxylation is 1. The number of carbonyl (C=O) groups is 1. The van der Waals surface area contributed by atoms with Crippen molar-refractivity contribution < 1.29 is 13.6 Å². The molecule has 0 unspecified atom stereocenters. The molecule has 0 saturated carbocycles. The fourth-order valence-corrected chi connectivity index (χ4v) is 2.14. The minimum Gasteiger partial charge on any atom is -0.346 e. The highest BCUT2D eigenvalue weighted by molar-refractivity contribution is 5.92. The van der Waals surface area contributed by atoms with E-state index in [1.807, 2.05) is 31.2 Å². The summed E-state index contributed by atoms with van der Waals surface area (Å²) in [6.45, 7) is 3.62. The topological polar surface area (TPSA) is 29.1 Å². The highest BCUT2D eigenvalue weighted by atomic mass is 19.1. The molecule has 2 aromatic carbocycles. The van der Waals surface area contributed by atoms with Crippen LogP contribution >= 0.6 is 0 Å². The van der Waals surface area contributed by atoms with Crippen molar-refractivity contribution in [2.45, 2.75) is 19.9 Å². The van der Waals surface area contributed by atoms with Gasteiger partial charge in [-0.05, 0) is 31.6 Å². The largest absolute Gasteiger partial charge is 0.346 e. The average molecular weight is 301 g/mol. The zero-order valence-corrected chi connectivity index (χ0v) is 12.4. The van der Waals surface area contributed by atoms with Crippen LogP contribution < -0.4 is 5.32 Å². The van der Waals surface area contributed by atoms with Crippen molar-refractivity contribution in [2.75, 3.05) is 0 Å². The molecule has 0 spiro atoms. The Bertz CT molecular complexity index is 710. The molecule has 0 fully saturated rings. The molecule has 0 aromatic heterocycles. The number of halogens is 2. The van der Waals surface area contributed by atoms with Gasteiger partial charge in [-0.2, -0.15) is 0 Å². The molecule has 1 N–H and O–H groups in total. The van der Waals surface area contributed by atoms with Crippen LogP contribution in [-0.4, -0.2) is 5.91 Å². The van der Waals surface area contributed by atoms with Gasteiger partial charge < -0.3 is 5.32 Å². The maximum atomic E-state index is 13.6. The molecule has 2 aromatic rings. The van der Waals surface area contributed by atoms with Crippen molar-refractivity contribution in [3.8, 4) is 0 Å². The number of amides is 1. The predicted octanol–water partition coefficient (Wildman–Crippen LogP) is 4.16. The molecular weight excluding hydrogens is 284 g/mol. The Morgan fingerprint density at radius 1 is 1.18 bits per heavy atom. The van der Waals surface area contributed by atoms with Crippen LogP contribution in [0.4, 0.5) is 8.78 Å². The number of rotatable bonds is 4. The van der Waals surface area contributed by atoms with Gasteiger partial charge in [-0.15, -0.1) is 0 Å². The summed E-state index contributed by atoms with van der Waals surface area (Å²) in [4.78, 5) is 11.9. The van der Waals surface area contributed by atoms with E-state index in [0.29, 0.717) is 0 Å². The van der Waals surface area contributed by atoms with Gasteiger partial charge in [0.1, 0.15) is 11.6 Å². The third-order valence-corrected chi connectivity index (χ3v) is 3.26. The van der Waals surface area contributed by atoms with Gasteiger partial charge in [-0.3, -0.25) is 4.79 Å². The van der Waals surface area contributed by atoms with E-state index >= 15 is 0 Å². The maximum Gasteiger partial charge on any atom is 0.244 e. The lowest BCUT2D eigenvalue weighted by Crippen LogP contribution is -2.25. The van der Waals surface area contributed by atoms with Gasteiger partial charge in [0.05, 0.1) is 6.04 Å². The van der Waals surface area contributed by atoms with Gasteiger partial charge >= 0.3 is 0 Å². The van der Waals surface area contributed by atoms with Crippen LogP contribution in [0.5, 0.6) is 0 Å². The number of hydrogen-bond acceptors (Lipinski definition) is 1. The van der Waals surface area contributed by atoms with Gasteiger partial charge in [0.25, 0.3) is 0 Å². The zero-order valence-electron chi connectivity index (χ0n) is 12.4. The standard InChI is InChI=1S/C18H17F2NO/c1-12-4-3-5-14(10-12)6-9-18(22)21-13(2)16-8-7-15(19)11-17(16)20/h3-11,13H,1-2H3,(H,21,22)/b9-6+/t13-/m1/s1. The SMILES string of the molecule is Cc1cccc(/C=C/C(=O)N[C@H](C)c2ccc(F)cc2F)c1. The molecule has 0 radical (unpaired) electrons. The van der Waals surface area contributed by atoms with E-state index in [1.54, 1.807) is 13.0 Å². The summed E-state index contributed by atoms with van der Waals surface area (Å²) in [6, 6.07) is 10.5. The van der Waals surface area contributed by atoms with Gasteiger partial charge in [-0.1, -0.05) is 35.9 Å². The highest BCUT2D eigenvalue weighted by Crippen LogP contribution is 2.17. The molecule has 114 valence electrons. The van der Waals surface area contributed by atoms with E-state index in [9.17, 15) is 13.6 Å². The molecule has 2 nitrogen and oxygen atoms in total. The summed E-state index contributed by atoms with van der Waals surface area (Å²) >= 11 is 0. The third kappa shape index (κ3) is 4.25. The Labute approximate surface area is 128 Å². The first-order valence-corrected chi connectivity index (χ1v) is 6.96. The molecule has 1 atom stereocenters. The number of nitrogens with one attached hydrogen (secondary N) is 1. The fourth-order valence-electron chi connectivity index (χ4n) is 2.14. The van der Waals surface area contributed by atoms with Gasteiger partial charge in [0.2, 0.25) is 5.91 Å². The summed E-state index contributed by atoms with van der Waals surface area (Å²) in [7, 11) is 0. The van der Waals surface area contributed by atoms with Crippen LogP contribution in [0.2, 0.25) is 0 Å². The fraction of sp³-hybridized carbons (Fsp3) is 0.167. The van der Waals surface area contributed by atoms with Crippen LogP contribution in [0, 0.1) is 18.6 Å². The highest BCUT2D eigenvalue weighted by Gasteiger charge is 2.12. The monoisotopic (exact) mass is 301 g/mol. The van der Waals surface area contributed by atoms with Crippen molar-refractivity contribution >= 4 is 12.0 Å². The molecular formula is C18H17F2NO. The molecule has 0 saturated heterocycles. The average Bonchev–Trinajstić information content (AvgIpc) is 2.45. The number of benzene rings is 2. The van der Waals surface area contributed by atoms with Crippen molar-refractivity contribution in [3.05, 3.63) is 76.9 Å². The lowest BCUT2D eigenvalue weighted by Gasteiger charge is -2.13. The molecule has 0 heterocycles. The molecule has 0 aliphatic heterocycles. The van der Waals surface area contributed by atoms with Crippen molar-refractivity contribution in [3.63, 3.8) is 0 Å². The molecule has 0 aliphatic carbocycles. The Kier molecular flexibility index (Phi) is 5.04. The van der Waals surface area contributed by atoms with E-state index in [2.05, 4.69) is 5.32 Å². The molecule has 22 heavy (non-hydrogen) atoms. The van der Waals surface area contributed by atoms with Crippen molar-refractivity contribution in [2.24, 2.45) is 0 Å².